The molecule has 0 atom stereocenters. The lowest BCUT2D eigenvalue weighted by molar-refractivity contribution is -0.130. The fourth-order valence-corrected chi connectivity index (χ4v) is 1.72. The van der Waals surface area contributed by atoms with E-state index < -0.39 is 11.9 Å². The van der Waals surface area contributed by atoms with Crippen molar-refractivity contribution in [2.45, 2.75) is 13.8 Å². The third-order valence-electron chi connectivity index (χ3n) is 3.03. The Balaban J connectivity index is 2.12. The SMILES string of the molecule is C=C(C)C(=O)Oc1cccc(N=Nc2cccc(OC(=O)C(=C)C)c2)c1. The van der Waals surface area contributed by atoms with E-state index >= 15 is 0 Å². The quantitative estimate of drug-likeness (QED) is 0.315. The van der Waals surface area contributed by atoms with Gasteiger partial charge in [-0.15, -0.1) is 0 Å². The molecule has 0 aromatic heterocycles. The van der Waals surface area contributed by atoms with E-state index in [4.69, 9.17) is 9.47 Å². The van der Waals surface area contributed by atoms with Gasteiger partial charge in [-0.25, -0.2) is 9.59 Å². The maximum absolute atomic E-state index is 11.6. The lowest BCUT2D eigenvalue weighted by atomic mass is 10.3. The average molecular weight is 350 g/mol. The summed E-state index contributed by atoms with van der Waals surface area (Å²) < 4.78 is 10.3. The number of nitrogens with zero attached hydrogens (tertiary/aromatic N) is 2. The predicted molar refractivity (Wildman–Crippen MR) is 98.0 cm³/mol. The molecule has 0 N–H and O–H groups in total. The number of ether oxygens (including phenoxy) is 2. The number of hydrogen-bond acceptors (Lipinski definition) is 6. The Kier molecular flexibility index (Phi) is 6.16. The zero-order valence-electron chi connectivity index (χ0n) is 14.6. The van der Waals surface area contributed by atoms with E-state index in [1.54, 1.807) is 62.4 Å². The molecule has 0 spiro atoms. The molecule has 0 saturated heterocycles. The van der Waals surface area contributed by atoms with Crippen LogP contribution in [0, 0.1) is 0 Å². The molecule has 0 aliphatic rings. The van der Waals surface area contributed by atoms with Crippen molar-refractivity contribution in [3.63, 3.8) is 0 Å². The Hall–Kier alpha value is -3.54. The molecule has 2 rings (SSSR count). The summed E-state index contributed by atoms with van der Waals surface area (Å²) in [7, 11) is 0. The summed E-state index contributed by atoms with van der Waals surface area (Å²) in [5.41, 5.74) is 1.61. The molecule has 0 radical (unpaired) electrons. The smallest absolute Gasteiger partial charge is 0.338 e. The summed E-state index contributed by atoms with van der Waals surface area (Å²) in [6, 6.07) is 13.2. The Morgan fingerprint density at radius 3 is 1.50 bits per heavy atom. The van der Waals surface area contributed by atoms with Gasteiger partial charge in [-0.3, -0.25) is 0 Å². The van der Waals surface area contributed by atoms with E-state index in [2.05, 4.69) is 23.4 Å². The molecule has 0 aliphatic carbocycles. The standard InChI is InChI=1S/C20H18N2O4/c1-13(2)19(23)25-17-9-5-7-15(11-17)21-22-16-8-6-10-18(12-16)26-20(24)14(3)4/h5-12H,1,3H2,2,4H3. The third-order valence-corrected chi connectivity index (χ3v) is 3.03. The number of hydrogen-bond donors (Lipinski definition) is 0. The Bertz CT molecular complexity index is 827. The second-order valence-electron chi connectivity index (χ2n) is 5.53. The van der Waals surface area contributed by atoms with Gasteiger partial charge in [0.2, 0.25) is 0 Å². The van der Waals surface area contributed by atoms with Gasteiger partial charge in [0, 0.05) is 23.3 Å². The number of azo groups is 1. The first kappa shape index (κ1) is 18.8. The first-order valence-corrected chi connectivity index (χ1v) is 7.72. The minimum atomic E-state index is -0.508. The summed E-state index contributed by atoms with van der Waals surface area (Å²) in [5.74, 6) is -0.325. The average Bonchev–Trinajstić information content (AvgIpc) is 2.60. The van der Waals surface area contributed by atoms with Crippen LogP contribution in [0.4, 0.5) is 11.4 Å². The summed E-state index contributed by atoms with van der Waals surface area (Å²) in [4.78, 5) is 23.1. The van der Waals surface area contributed by atoms with Crippen molar-refractivity contribution in [1.82, 2.24) is 0 Å². The van der Waals surface area contributed by atoms with Crippen molar-refractivity contribution in [2.75, 3.05) is 0 Å². The molecule has 26 heavy (non-hydrogen) atoms. The molecule has 0 amide bonds. The molecule has 6 heteroatoms. The van der Waals surface area contributed by atoms with Gasteiger partial charge < -0.3 is 9.47 Å². The summed E-state index contributed by atoms with van der Waals surface area (Å²) in [5, 5.41) is 8.20. The molecule has 0 aliphatic heterocycles. The van der Waals surface area contributed by atoms with Crippen LogP contribution < -0.4 is 9.47 Å². The maximum Gasteiger partial charge on any atom is 0.338 e. The van der Waals surface area contributed by atoms with Gasteiger partial charge in [0.25, 0.3) is 0 Å². The fraction of sp³-hybridized carbons (Fsp3) is 0.100. The van der Waals surface area contributed by atoms with E-state index in [9.17, 15) is 9.59 Å². The van der Waals surface area contributed by atoms with Crippen molar-refractivity contribution < 1.29 is 19.1 Å². The molecule has 0 unspecified atom stereocenters. The number of benzene rings is 2. The molecule has 6 nitrogen and oxygen atoms in total. The van der Waals surface area contributed by atoms with Crippen molar-refractivity contribution in [3.05, 3.63) is 72.8 Å². The Morgan fingerprint density at radius 2 is 1.15 bits per heavy atom. The van der Waals surface area contributed by atoms with Crippen molar-refractivity contribution >= 4 is 23.3 Å². The molecular weight excluding hydrogens is 332 g/mol. The predicted octanol–water partition coefficient (Wildman–Crippen LogP) is 5.07. The highest BCUT2D eigenvalue weighted by Crippen LogP contribution is 2.25. The third kappa shape index (κ3) is 5.52. The first-order valence-electron chi connectivity index (χ1n) is 7.72. The number of carbonyl (C=O) groups is 2. The first-order chi connectivity index (χ1) is 12.3. The Morgan fingerprint density at radius 1 is 0.769 bits per heavy atom. The summed E-state index contributed by atoms with van der Waals surface area (Å²) in [6.07, 6.45) is 0. The monoisotopic (exact) mass is 350 g/mol. The van der Waals surface area contributed by atoms with E-state index in [0.717, 1.165) is 0 Å². The van der Waals surface area contributed by atoms with Crippen LogP contribution in [0.2, 0.25) is 0 Å². The number of carbonyl (C=O) groups excluding carboxylic acids is 2. The fourth-order valence-electron chi connectivity index (χ4n) is 1.72. The van der Waals surface area contributed by atoms with Crippen molar-refractivity contribution in [3.8, 4) is 11.5 Å². The minimum Gasteiger partial charge on any atom is -0.423 e. The van der Waals surface area contributed by atoms with Crippen LogP contribution in [0.15, 0.2) is 83.1 Å². The zero-order chi connectivity index (χ0) is 19.1. The lowest BCUT2D eigenvalue weighted by Gasteiger charge is -2.04. The van der Waals surface area contributed by atoms with Gasteiger partial charge in [0.1, 0.15) is 11.5 Å². The molecule has 2 aromatic carbocycles. The molecule has 0 fully saturated rings. The summed E-state index contributed by atoms with van der Waals surface area (Å²) >= 11 is 0. The van der Waals surface area contributed by atoms with Gasteiger partial charge in [0.15, 0.2) is 0 Å². The van der Waals surface area contributed by atoms with E-state index in [1.807, 2.05) is 0 Å². The highest BCUT2D eigenvalue weighted by atomic mass is 16.5. The highest BCUT2D eigenvalue weighted by molar-refractivity contribution is 5.89. The van der Waals surface area contributed by atoms with Crippen LogP contribution in [0.25, 0.3) is 0 Å². The minimum absolute atomic E-state index is 0.304. The van der Waals surface area contributed by atoms with Gasteiger partial charge >= 0.3 is 11.9 Å². The number of esters is 2. The zero-order valence-corrected chi connectivity index (χ0v) is 14.6. The van der Waals surface area contributed by atoms with Crippen LogP contribution in [-0.2, 0) is 9.59 Å². The second kappa shape index (κ2) is 8.53. The number of rotatable bonds is 6. The van der Waals surface area contributed by atoms with Crippen LogP contribution in [0.5, 0.6) is 11.5 Å². The largest absolute Gasteiger partial charge is 0.423 e. The normalized spacial score (nSPS) is 10.4. The van der Waals surface area contributed by atoms with Crippen molar-refractivity contribution in [2.24, 2.45) is 10.2 Å². The second-order valence-corrected chi connectivity index (χ2v) is 5.53. The van der Waals surface area contributed by atoms with Crippen LogP contribution in [0.3, 0.4) is 0 Å². The maximum atomic E-state index is 11.6. The van der Waals surface area contributed by atoms with E-state index in [0.29, 0.717) is 34.0 Å². The van der Waals surface area contributed by atoms with E-state index in [1.165, 1.54) is 0 Å². The van der Waals surface area contributed by atoms with Gasteiger partial charge in [0.05, 0.1) is 11.4 Å². The molecular formula is C20H18N2O4. The Labute approximate surface area is 151 Å². The molecule has 0 bridgehead atoms. The van der Waals surface area contributed by atoms with Crippen molar-refractivity contribution in [1.29, 1.82) is 0 Å². The van der Waals surface area contributed by atoms with Gasteiger partial charge in [-0.05, 0) is 38.1 Å². The van der Waals surface area contributed by atoms with Crippen LogP contribution in [-0.4, -0.2) is 11.9 Å². The molecule has 132 valence electrons. The lowest BCUT2D eigenvalue weighted by Crippen LogP contribution is -2.07. The molecule has 0 saturated carbocycles. The van der Waals surface area contributed by atoms with Gasteiger partial charge in [-0.1, -0.05) is 25.3 Å². The van der Waals surface area contributed by atoms with Crippen LogP contribution >= 0.6 is 0 Å². The van der Waals surface area contributed by atoms with E-state index in [-0.39, 0.29) is 0 Å². The van der Waals surface area contributed by atoms with Gasteiger partial charge in [-0.2, -0.15) is 10.2 Å². The highest BCUT2D eigenvalue weighted by Gasteiger charge is 2.07. The topological polar surface area (TPSA) is 77.3 Å². The molecule has 0 heterocycles. The molecule has 2 aromatic rings. The summed E-state index contributed by atoms with van der Waals surface area (Å²) in [6.45, 7) is 10.2. The van der Waals surface area contributed by atoms with Crippen LogP contribution in [0.1, 0.15) is 13.8 Å².